The van der Waals surface area contributed by atoms with Gasteiger partial charge in [-0.1, -0.05) is 56.5 Å². The van der Waals surface area contributed by atoms with Gasteiger partial charge in [-0.05, 0) is 12.8 Å². The molecule has 20 heavy (non-hydrogen) atoms. The number of hydrogen-bond acceptors (Lipinski definition) is 4. The van der Waals surface area contributed by atoms with Gasteiger partial charge in [0.15, 0.2) is 0 Å². The van der Waals surface area contributed by atoms with E-state index < -0.39 is 0 Å². The van der Waals surface area contributed by atoms with Crippen LogP contribution < -0.4 is 5.43 Å². The Morgan fingerprint density at radius 2 is 2.05 bits per heavy atom. The maximum atomic E-state index is 4.52. The molecule has 1 N–H and O–H groups in total. The van der Waals surface area contributed by atoms with E-state index >= 15 is 0 Å². The van der Waals surface area contributed by atoms with E-state index in [9.17, 15) is 0 Å². The van der Waals surface area contributed by atoms with Gasteiger partial charge in [-0.3, -0.25) is 5.43 Å². The van der Waals surface area contributed by atoms with Gasteiger partial charge in [0.2, 0.25) is 5.13 Å². The third-order valence-electron chi connectivity index (χ3n) is 3.01. The van der Waals surface area contributed by atoms with Crippen LogP contribution in [0.25, 0.3) is 11.3 Å². The van der Waals surface area contributed by atoms with Crippen LogP contribution in [0.5, 0.6) is 0 Å². The highest BCUT2D eigenvalue weighted by Crippen LogP contribution is 2.24. The molecule has 0 aliphatic carbocycles. The molecule has 0 unspecified atom stereocenters. The molecule has 0 aliphatic rings. The smallest absolute Gasteiger partial charge is 0.203 e. The number of rotatable bonds is 8. The van der Waals surface area contributed by atoms with Crippen LogP contribution in [0.2, 0.25) is 0 Å². The summed E-state index contributed by atoms with van der Waals surface area (Å²) in [6.45, 7) is 2.22. The molecule has 0 spiro atoms. The number of benzene rings is 1. The summed E-state index contributed by atoms with van der Waals surface area (Å²) in [6, 6.07) is 10.2. The first kappa shape index (κ1) is 14.7. The second-order valence-electron chi connectivity index (χ2n) is 4.68. The first-order valence-corrected chi connectivity index (χ1v) is 8.06. The highest BCUT2D eigenvalue weighted by atomic mass is 32.1. The molecule has 0 amide bonds. The Morgan fingerprint density at radius 3 is 2.85 bits per heavy atom. The molecule has 1 aromatic carbocycles. The van der Waals surface area contributed by atoms with Crippen LogP contribution >= 0.6 is 11.3 Å². The van der Waals surface area contributed by atoms with E-state index in [-0.39, 0.29) is 0 Å². The Balaban J connectivity index is 1.77. The van der Waals surface area contributed by atoms with Crippen LogP contribution in [0.1, 0.15) is 39.0 Å². The van der Waals surface area contributed by atoms with E-state index in [0.29, 0.717) is 0 Å². The average molecular weight is 287 g/mol. The van der Waals surface area contributed by atoms with Gasteiger partial charge in [0.1, 0.15) is 0 Å². The summed E-state index contributed by atoms with van der Waals surface area (Å²) in [4.78, 5) is 4.52. The van der Waals surface area contributed by atoms with Gasteiger partial charge in [-0.15, -0.1) is 11.3 Å². The molecule has 0 saturated heterocycles. The minimum Gasteiger partial charge on any atom is -0.253 e. The van der Waals surface area contributed by atoms with Crippen LogP contribution in [0.3, 0.4) is 0 Å². The molecular weight excluding hydrogens is 266 g/mol. The summed E-state index contributed by atoms with van der Waals surface area (Å²) < 4.78 is 0. The number of hydrazone groups is 1. The van der Waals surface area contributed by atoms with Crippen molar-refractivity contribution in [2.24, 2.45) is 5.10 Å². The van der Waals surface area contributed by atoms with Gasteiger partial charge in [0.25, 0.3) is 0 Å². The Labute approximate surface area is 124 Å². The summed E-state index contributed by atoms with van der Waals surface area (Å²) in [5.41, 5.74) is 5.14. The number of nitrogens with one attached hydrogen (secondary N) is 1. The zero-order valence-electron chi connectivity index (χ0n) is 11.9. The largest absolute Gasteiger partial charge is 0.253 e. The van der Waals surface area contributed by atoms with E-state index in [1.807, 2.05) is 24.4 Å². The second-order valence-corrected chi connectivity index (χ2v) is 5.53. The SMILES string of the molecule is CCCCCCC=NNc1nc(-c2ccccc2)cs1. The lowest BCUT2D eigenvalue weighted by Gasteiger charge is -1.96. The van der Waals surface area contributed by atoms with Crippen molar-refractivity contribution in [2.75, 3.05) is 5.43 Å². The zero-order valence-corrected chi connectivity index (χ0v) is 12.7. The van der Waals surface area contributed by atoms with Gasteiger partial charge < -0.3 is 0 Å². The molecule has 2 rings (SSSR count). The summed E-state index contributed by atoms with van der Waals surface area (Å²) in [6.07, 6.45) is 8.07. The highest BCUT2D eigenvalue weighted by Gasteiger charge is 2.02. The fourth-order valence-corrected chi connectivity index (χ4v) is 2.56. The van der Waals surface area contributed by atoms with Gasteiger partial charge in [-0.2, -0.15) is 5.10 Å². The molecule has 0 radical (unpaired) electrons. The fraction of sp³-hybridized carbons (Fsp3) is 0.375. The predicted molar refractivity (Wildman–Crippen MR) is 88.4 cm³/mol. The number of aromatic nitrogens is 1. The van der Waals surface area contributed by atoms with E-state index in [4.69, 9.17) is 0 Å². The minimum atomic E-state index is 0.841. The molecule has 0 aliphatic heterocycles. The molecule has 3 nitrogen and oxygen atoms in total. The molecule has 106 valence electrons. The van der Waals surface area contributed by atoms with Crippen LogP contribution in [0.4, 0.5) is 5.13 Å². The fourth-order valence-electron chi connectivity index (χ4n) is 1.89. The van der Waals surface area contributed by atoms with Gasteiger partial charge in [-0.25, -0.2) is 4.98 Å². The first-order valence-electron chi connectivity index (χ1n) is 7.18. The molecule has 0 saturated carbocycles. The highest BCUT2D eigenvalue weighted by molar-refractivity contribution is 7.14. The van der Waals surface area contributed by atoms with Gasteiger partial charge in [0, 0.05) is 17.2 Å². The normalized spacial score (nSPS) is 11.1. The summed E-state index contributed by atoms with van der Waals surface area (Å²) in [5.74, 6) is 0. The second kappa shape index (κ2) is 8.48. The third kappa shape index (κ3) is 4.78. The van der Waals surface area contributed by atoms with Crippen molar-refractivity contribution in [1.29, 1.82) is 0 Å². The molecule has 0 atom stereocenters. The molecule has 0 bridgehead atoms. The van der Waals surface area contributed by atoms with Gasteiger partial charge >= 0.3 is 0 Å². The molecule has 4 heteroatoms. The van der Waals surface area contributed by atoms with E-state index in [0.717, 1.165) is 22.8 Å². The Kier molecular flexibility index (Phi) is 6.24. The quantitative estimate of drug-likeness (QED) is 0.413. The van der Waals surface area contributed by atoms with Crippen LogP contribution in [0, 0.1) is 0 Å². The van der Waals surface area contributed by atoms with E-state index in [2.05, 4.69) is 39.9 Å². The monoisotopic (exact) mass is 287 g/mol. The number of hydrogen-bond donors (Lipinski definition) is 1. The number of anilines is 1. The Bertz CT molecular complexity index is 520. The average Bonchev–Trinajstić information content (AvgIpc) is 2.96. The number of thiazole rings is 1. The lowest BCUT2D eigenvalue weighted by Crippen LogP contribution is -1.89. The topological polar surface area (TPSA) is 37.3 Å². The lowest BCUT2D eigenvalue weighted by molar-refractivity contribution is 0.685. The van der Waals surface area contributed by atoms with Crippen molar-refractivity contribution >= 4 is 22.7 Å². The Hall–Kier alpha value is -1.68. The van der Waals surface area contributed by atoms with Crippen LogP contribution in [-0.4, -0.2) is 11.2 Å². The van der Waals surface area contributed by atoms with Crippen molar-refractivity contribution in [2.45, 2.75) is 39.0 Å². The van der Waals surface area contributed by atoms with Crippen LogP contribution in [0.15, 0.2) is 40.8 Å². The number of unbranched alkanes of at least 4 members (excludes halogenated alkanes) is 4. The maximum Gasteiger partial charge on any atom is 0.203 e. The lowest BCUT2D eigenvalue weighted by atomic mass is 10.2. The summed E-state index contributed by atoms with van der Waals surface area (Å²) >= 11 is 1.58. The van der Waals surface area contributed by atoms with Crippen molar-refractivity contribution in [3.8, 4) is 11.3 Å². The maximum absolute atomic E-state index is 4.52. The molecule has 1 heterocycles. The minimum absolute atomic E-state index is 0.841. The molecule has 0 fully saturated rings. The predicted octanol–water partition coefficient (Wildman–Crippen LogP) is 5.18. The van der Waals surface area contributed by atoms with Gasteiger partial charge in [0.05, 0.1) is 5.69 Å². The molecule has 1 aromatic heterocycles. The van der Waals surface area contributed by atoms with Crippen molar-refractivity contribution in [1.82, 2.24) is 4.98 Å². The summed E-state index contributed by atoms with van der Waals surface area (Å²) in [7, 11) is 0. The Morgan fingerprint density at radius 1 is 1.20 bits per heavy atom. The molecule has 2 aromatic rings. The van der Waals surface area contributed by atoms with Crippen molar-refractivity contribution < 1.29 is 0 Å². The van der Waals surface area contributed by atoms with Crippen molar-refractivity contribution in [3.63, 3.8) is 0 Å². The van der Waals surface area contributed by atoms with E-state index in [1.54, 1.807) is 11.3 Å². The molecular formula is C16H21N3S. The summed E-state index contributed by atoms with van der Waals surface area (Å²) in [5, 5.41) is 7.11. The van der Waals surface area contributed by atoms with Crippen LogP contribution in [-0.2, 0) is 0 Å². The number of nitrogens with zero attached hydrogens (tertiary/aromatic N) is 2. The standard InChI is InChI=1S/C16H21N3S/c1-2-3-4-5-9-12-17-19-16-18-15(13-20-16)14-10-7-6-8-11-14/h6-8,10-13H,2-5,9H2,1H3,(H,18,19). The van der Waals surface area contributed by atoms with E-state index in [1.165, 1.54) is 25.7 Å². The van der Waals surface area contributed by atoms with Crippen molar-refractivity contribution in [3.05, 3.63) is 35.7 Å². The third-order valence-corrected chi connectivity index (χ3v) is 3.76. The zero-order chi connectivity index (χ0) is 14.0. The first-order chi connectivity index (χ1) is 9.90.